The quantitative estimate of drug-likeness (QED) is 0.711. The van der Waals surface area contributed by atoms with E-state index in [-0.39, 0.29) is 17.5 Å². The minimum Gasteiger partial charge on any atom is -0.350 e. The van der Waals surface area contributed by atoms with Gasteiger partial charge >= 0.3 is 0 Å². The summed E-state index contributed by atoms with van der Waals surface area (Å²) in [5.74, 6) is 0.433. The van der Waals surface area contributed by atoms with E-state index < -0.39 is 0 Å². The fourth-order valence-electron chi connectivity index (χ4n) is 1.73. The molecule has 0 heterocycles. The van der Waals surface area contributed by atoms with Crippen LogP contribution in [0.4, 0.5) is 0 Å². The molecule has 15 heavy (non-hydrogen) atoms. The van der Waals surface area contributed by atoms with Gasteiger partial charge in [-0.3, -0.25) is 4.79 Å². The van der Waals surface area contributed by atoms with Crippen molar-refractivity contribution in [3.05, 3.63) is 0 Å². The van der Waals surface area contributed by atoms with Crippen LogP contribution in [0.1, 0.15) is 53.9 Å². The smallest absolute Gasteiger partial charge is 0.237 e. The first kappa shape index (κ1) is 14.4. The highest BCUT2D eigenvalue weighted by atomic mass is 16.2. The second-order valence-electron chi connectivity index (χ2n) is 5.36. The first-order chi connectivity index (χ1) is 6.78. The van der Waals surface area contributed by atoms with E-state index in [0.29, 0.717) is 5.92 Å². The van der Waals surface area contributed by atoms with Crippen molar-refractivity contribution in [1.29, 1.82) is 0 Å². The molecular weight excluding hydrogens is 188 g/mol. The van der Waals surface area contributed by atoms with Crippen molar-refractivity contribution in [1.82, 2.24) is 5.32 Å². The monoisotopic (exact) mass is 214 g/mol. The third-order valence-corrected chi connectivity index (χ3v) is 2.40. The lowest BCUT2D eigenvalue weighted by Crippen LogP contribution is -2.50. The lowest BCUT2D eigenvalue weighted by molar-refractivity contribution is -0.124. The molecule has 0 aliphatic rings. The zero-order valence-electron chi connectivity index (χ0n) is 10.8. The molecule has 0 aliphatic carbocycles. The SMILES string of the molecule is CCCC(C)(C)NC(=O)[C@@H](N)CC(C)C. The summed E-state index contributed by atoms with van der Waals surface area (Å²) in [6, 6.07) is -0.374. The Labute approximate surface area is 93.8 Å². The van der Waals surface area contributed by atoms with Crippen LogP contribution in [0.2, 0.25) is 0 Å². The van der Waals surface area contributed by atoms with E-state index in [1.807, 2.05) is 13.8 Å². The van der Waals surface area contributed by atoms with Crippen molar-refractivity contribution in [2.24, 2.45) is 11.7 Å². The highest BCUT2D eigenvalue weighted by molar-refractivity contribution is 5.82. The maximum absolute atomic E-state index is 11.7. The zero-order valence-corrected chi connectivity index (χ0v) is 10.8. The molecule has 0 unspecified atom stereocenters. The number of carbonyl (C=O) groups is 1. The van der Waals surface area contributed by atoms with Crippen LogP contribution in [0.3, 0.4) is 0 Å². The van der Waals surface area contributed by atoms with Crippen molar-refractivity contribution in [2.75, 3.05) is 0 Å². The van der Waals surface area contributed by atoms with E-state index in [1.165, 1.54) is 0 Å². The molecular formula is C12H26N2O. The molecule has 0 saturated heterocycles. The van der Waals surface area contributed by atoms with Crippen LogP contribution in [0.15, 0.2) is 0 Å². The molecule has 0 fully saturated rings. The van der Waals surface area contributed by atoms with Crippen LogP contribution in [-0.2, 0) is 4.79 Å². The van der Waals surface area contributed by atoms with Gasteiger partial charge in [0.15, 0.2) is 0 Å². The topological polar surface area (TPSA) is 55.1 Å². The largest absolute Gasteiger partial charge is 0.350 e. The molecule has 1 atom stereocenters. The van der Waals surface area contributed by atoms with E-state index in [1.54, 1.807) is 0 Å². The van der Waals surface area contributed by atoms with Gasteiger partial charge in [-0.25, -0.2) is 0 Å². The highest BCUT2D eigenvalue weighted by Gasteiger charge is 2.23. The number of carbonyl (C=O) groups excluding carboxylic acids is 1. The van der Waals surface area contributed by atoms with Crippen LogP contribution in [0.5, 0.6) is 0 Å². The van der Waals surface area contributed by atoms with Gasteiger partial charge in [-0.15, -0.1) is 0 Å². The van der Waals surface area contributed by atoms with Crippen LogP contribution < -0.4 is 11.1 Å². The summed E-state index contributed by atoms with van der Waals surface area (Å²) in [7, 11) is 0. The van der Waals surface area contributed by atoms with Crippen LogP contribution in [-0.4, -0.2) is 17.5 Å². The minimum atomic E-state index is -0.374. The van der Waals surface area contributed by atoms with Gasteiger partial charge in [0.1, 0.15) is 0 Å². The van der Waals surface area contributed by atoms with Crippen molar-refractivity contribution < 1.29 is 4.79 Å². The summed E-state index contributed by atoms with van der Waals surface area (Å²) in [5.41, 5.74) is 5.67. The Morgan fingerprint density at radius 2 is 1.93 bits per heavy atom. The third kappa shape index (κ3) is 6.50. The highest BCUT2D eigenvalue weighted by Crippen LogP contribution is 2.11. The molecule has 90 valence electrons. The average Bonchev–Trinajstić information content (AvgIpc) is 2.01. The van der Waals surface area contributed by atoms with Gasteiger partial charge in [0.2, 0.25) is 5.91 Å². The van der Waals surface area contributed by atoms with Gasteiger partial charge in [-0.2, -0.15) is 0 Å². The molecule has 0 bridgehead atoms. The molecule has 0 spiro atoms. The average molecular weight is 214 g/mol. The number of nitrogens with one attached hydrogen (secondary N) is 1. The summed E-state index contributed by atoms with van der Waals surface area (Å²) in [4.78, 5) is 11.7. The number of hydrogen-bond acceptors (Lipinski definition) is 2. The first-order valence-electron chi connectivity index (χ1n) is 5.86. The molecule has 0 aromatic rings. The van der Waals surface area contributed by atoms with Crippen molar-refractivity contribution in [3.63, 3.8) is 0 Å². The Balaban J connectivity index is 4.11. The maximum Gasteiger partial charge on any atom is 0.237 e. The molecule has 0 aliphatic heterocycles. The van der Waals surface area contributed by atoms with Gasteiger partial charge in [-0.1, -0.05) is 27.2 Å². The summed E-state index contributed by atoms with van der Waals surface area (Å²) in [6.45, 7) is 10.3. The van der Waals surface area contributed by atoms with E-state index in [0.717, 1.165) is 19.3 Å². The fraction of sp³-hybridized carbons (Fsp3) is 0.917. The molecule has 3 nitrogen and oxygen atoms in total. The predicted octanol–water partition coefficient (Wildman–Crippen LogP) is 2.05. The Morgan fingerprint density at radius 3 is 2.33 bits per heavy atom. The second-order valence-corrected chi connectivity index (χ2v) is 5.36. The molecule has 3 heteroatoms. The molecule has 1 amide bonds. The first-order valence-corrected chi connectivity index (χ1v) is 5.86. The molecule has 0 aromatic carbocycles. The van der Waals surface area contributed by atoms with Crippen molar-refractivity contribution in [2.45, 2.75) is 65.5 Å². The number of hydrogen-bond donors (Lipinski definition) is 2. The molecule has 3 N–H and O–H groups in total. The Kier molecular flexibility index (Phi) is 5.88. The standard InChI is InChI=1S/C12H26N2O/c1-6-7-12(4,5)14-11(15)10(13)8-9(2)3/h9-10H,6-8,13H2,1-5H3,(H,14,15)/t10-/m0/s1. The van der Waals surface area contributed by atoms with Gasteiger partial charge in [0.05, 0.1) is 6.04 Å². The number of rotatable bonds is 6. The summed E-state index contributed by atoms with van der Waals surface area (Å²) in [5, 5.41) is 3.00. The normalized spacial score (nSPS) is 14.1. The number of nitrogens with two attached hydrogens (primary N) is 1. The van der Waals surface area contributed by atoms with Gasteiger partial charge in [-0.05, 0) is 32.6 Å². The molecule has 0 saturated carbocycles. The second kappa shape index (κ2) is 6.11. The van der Waals surface area contributed by atoms with Gasteiger partial charge < -0.3 is 11.1 Å². The Bertz CT molecular complexity index is 200. The van der Waals surface area contributed by atoms with E-state index in [4.69, 9.17) is 5.73 Å². The summed E-state index contributed by atoms with van der Waals surface area (Å²) < 4.78 is 0. The molecule has 0 rings (SSSR count). The molecule has 0 aromatic heterocycles. The lowest BCUT2D eigenvalue weighted by Gasteiger charge is -2.27. The summed E-state index contributed by atoms with van der Waals surface area (Å²) in [6.07, 6.45) is 2.79. The summed E-state index contributed by atoms with van der Waals surface area (Å²) >= 11 is 0. The minimum absolute atomic E-state index is 0.0258. The van der Waals surface area contributed by atoms with Gasteiger partial charge in [0.25, 0.3) is 0 Å². The van der Waals surface area contributed by atoms with Crippen LogP contribution in [0, 0.1) is 5.92 Å². The van der Waals surface area contributed by atoms with E-state index in [2.05, 4.69) is 26.1 Å². The number of amides is 1. The fourth-order valence-corrected chi connectivity index (χ4v) is 1.73. The van der Waals surface area contributed by atoms with Crippen LogP contribution in [0.25, 0.3) is 0 Å². The maximum atomic E-state index is 11.7. The van der Waals surface area contributed by atoms with E-state index in [9.17, 15) is 4.79 Å². The van der Waals surface area contributed by atoms with E-state index >= 15 is 0 Å². The van der Waals surface area contributed by atoms with Crippen molar-refractivity contribution >= 4 is 5.91 Å². The van der Waals surface area contributed by atoms with Crippen molar-refractivity contribution in [3.8, 4) is 0 Å². The zero-order chi connectivity index (χ0) is 12.1. The Morgan fingerprint density at radius 1 is 1.40 bits per heavy atom. The van der Waals surface area contributed by atoms with Gasteiger partial charge in [0, 0.05) is 5.54 Å². The Hall–Kier alpha value is -0.570. The van der Waals surface area contributed by atoms with Crippen LogP contribution >= 0.6 is 0 Å². The third-order valence-electron chi connectivity index (χ3n) is 2.40. The lowest BCUT2D eigenvalue weighted by atomic mass is 9.97. The predicted molar refractivity (Wildman–Crippen MR) is 64.6 cm³/mol. The molecule has 0 radical (unpaired) electrons.